The molecule has 0 fully saturated rings. The number of benzene rings is 3. The number of hydrogen-bond donors (Lipinski definition) is 2. The number of para-hydroxylation sites is 1. The van der Waals surface area contributed by atoms with Crippen LogP contribution >= 0.6 is 15.9 Å². The third kappa shape index (κ3) is 4.92. The van der Waals surface area contributed by atoms with E-state index in [0.717, 1.165) is 4.47 Å². The van der Waals surface area contributed by atoms with Crippen LogP contribution in [0.25, 0.3) is 0 Å². The smallest absolute Gasteiger partial charge is 0.261 e. The van der Waals surface area contributed by atoms with Gasteiger partial charge >= 0.3 is 0 Å². The Labute approximate surface area is 183 Å². The van der Waals surface area contributed by atoms with E-state index in [1.807, 2.05) is 0 Å². The van der Waals surface area contributed by atoms with Crippen molar-refractivity contribution in [1.29, 1.82) is 0 Å². The number of carbonyl (C=O) groups excluding carboxylic acids is 1. The maximum atomic E-state index is 12.7. The van der Waals surface area contributed by atoms with E-state index < -0.39 is 15.9 Å². The minimum absolute atomic E-state index is 0.0147. The molecule has 3 rings (SSSR count). The van der Waals surface area contributed by atoms with Crippen LogP contribution in [-0.2, 0) is 10.0 Å². The van der Waals surface area contributed by atoms with E-state index >= 15 is 0 Å². The van der Waals surface area contributed by atoms with Crippen molar-refractivity contribution in [3.05, 3.63) is 76.8 Å². The Balaban J connectivity index is 1.83. The molecule has 0 radical (unpaired) electrons. The fourth-order valence-electron chi connectivity index (χ4n) is 2.74. The number of ether oxygens (including phenoxy) is 2. The molecule has 0 saturated heterocycles. The van der Waals surface area contributed by atoms with Gasteiger partial charge < -0.3 is 14.8 Å². The van der Waals surface area contributed by atoms with Crippen LogP contribution in [-0.4, -0.2) is 28.5 Å². The molecule has 0 atom stereocenters. The number of carbonyl (C=O) groups is 1. The second-order valence-electron chi connectivity index (χ2n) is 6.14. The molecule has 7 nitrogen and oxygen atoms in total. The predicted molar refractivity (Wildman–Crippen MR) is 119 cm³/mol. The Bertz CT molecular complexity index is 1160. The minimum Gasteiger partial charge on any atom is -0.493 e. The van der Waals surface area contributed by atoms with Gasteiger partial charge in [0.15, 0.2) is 11.5 Å². The normalized spacial score (nSPS) is 10.9. The Hall–Kier alpha value is -3.04. The largest absolute Gasteiger partial charge is 0.493 e. The quantitative estimate of drug-likeness (QED) is 0.507. The van der Waals surface area contributed by atoms with Crippen LogP contribution in [0.4, 0.5) is 11.4 Å². The third-order valence-corrected chi connectivity index (χ3v) is 6.05. The summed E-state index contributed by atoms with van der Waals surface area (Å²) in [5.74, 6) is 0.250. The first-order chi connectivity index (χ1) is 14.3. The minimum atomic E-state index is -3.83. The van der Waals surface area contributed by atoms with Crippen LogP contribution in [0, 0.1) is 0 Å². The van der Waals surface area contributed by atoms with Gasteiger partial charge in [0, 0.05) is 15.8 Å². The summed E-state index contributed by atoms with van der Waals surface area (Å²) in [7, 11) is -0.915. The van der Waals surface area contributed by atoms with Crippen LogP contribution in [0.1, 0.15) is 10.4 Å². The molecule has 0 saturated carbocycles. The molecule has 1 amide bonds. The highest BCUT2D eigenvalue weighted by atomic mass is 79.9. The van der Waals surface area contributed by atoms with Crippen molar-refractivity contribution in [2.45, 2.75) is 4.90 Å². The van der Waals surface area contributed by atoms with Crippen molar-refractivity contribution in [3.8, 4) is 11.5 Å². The molecule has 0 aliphatic rings. The molecule has 0 bridgehead atoms. The number of anilines is 2. The zero-order valence-corrected chi connectivity index (χ0v) is 18.6. The monoisotopic (exact) mass is 490 g/mol. The van der Waals surface area contributed by atoms with E-state index in [9.17, 15) is 13.2 Å². The predicted octanol–water partition coefficient (Wildman–Crippen LogP) is 4.52. The van der Waals surface area contributed by atoms with E-state index in [0.29, 0.717) is 17.1 Å². The van der Waals surface area contributed by atoms with E-state index in [1.54, 1.807) is 54.6 Å². The summed E-state index contributed by atoms with van der Waals surface area (Å²) in [4.78, 5) is 12.7. The van der Waals surface area contributed by atoms with Crippen LogP contribution in [0.3, 0.4) is 0 Å². The van der Waals surface area contributed by atoms with Gasteiger partial charge in [-0.3, -0.25) is 9.52 Å². The van der Waals surface area contributed by atoms with Gasteiger partial charge in [-0.1, -0.05) is 28.1 Å². The number of amides is 1. The molecule has 9 heteroatoms. The Morgan fingerprint density at radius 3 is 2.27 bits per heavy atom. The molecule has 30 heavy (non-hydrogen) atoms. The molecule has 0 unspecified atom stereocenters. The summed E-state index contributed by atoms with van der Waals surface area (Å²) < 4.78 is 39.3. The molecule has 0 aromatic heterocycles. The van der Waals surface area contributed by atoms with Crippen LogP contribution in [0.15, 0.2) is 76.1 Å². The highest BCUT2D eigenvalue weighted by Gasteiger charge is 2.18. The highest BCUT2D eigenvalue weighted by molar-refractivity contribution is 9.10. The zero-order valence-electron chi connectivity index (χ0n) is 16.2. The standard InChI is InChI=1S/C21H19BrN2O5S/c1-28-19-8-4-7-18(20(19)29-2)21(25)23-16-5-3-6-17(13-16)30(26,27)24-15-11-9-14(22)10-12-15/h3-13,24H,1-2H3,(H,23,25). The van der Waals surface area contributed by atoms with Gasteiger partial charge in [-0.05, 0) is 54.6 Å². The first-order valence-electron chi connectivity index (χ1n) is 8.75. The fourth-order valence-corrected chi connectivity index (χ4v) is 4.11. The SMILES string of the molecule is COc1cccc(C(=O)Nc2cccc(S(=O)(=O)Nc3ccc(Br)cc3)c2)c1OC. The van der Waals surface area contributed by atoms with Crippen molar-refractivity contribution in [1.82, 2.24) is 0 Å². The lowest BCUT2D eigenvalue weighted by Crippen LogP contribution is -2.15. The molecule has 0 aliphatic heterocycles. The average molecular weight is 491 g/mol. The molecular weight excluding hydrogens is 472 g/mol. The molecule has 2 N–H and O–H groups in total. The van der Waals surface area contributed by atoms with Crippen molar-refractivity contribution >= 4 is 43.2 Å². The maximum Gasteiger partial charge on any atom is 0.261 e. The van der Waals surface area contributed by atoms with Gasteiger partial charge in [-0.15, -0.1) is 0 Å². The number of halogens is 1. The van der Waals surface area contributed by atoms with Crippen molar-refractivity contribution < 1.29 is 22.7 Å². The van der Waals surface area contributed by atoms with Crippen LogP contribution < -0.4 is 19.5 Å². The van der Waals surface area contributed by atoms with E-state index in [1.165, 1.54) is 26.4 Å². The van der Waals surface area contributed by atoms with Crippen LogP contribution in [0.5, 0.6) is 11.5 Å². The number of nitrogens with one attached hydrogen (secondary N) is 2. The zero-order chi connectivity index (χ0) is 21.7. The van der Waals surface area contributed by atoms with E-state index in [-0.39, 0.29) is 16.2 Å². The number of sulfonamides is 1. The van der Waals surface area contributed by atoms with Crippen molar-refractivity contribution in [3.63, 3.8) is 0 Å². The summed E-state index contributed by atoms with van der Waals surface area (Å²) in [6, 6.07) is 17.7. The van der Waals surface area contributed by atoms with Gasteiger partial charge in [0.1, 0.15) is 0 Å². The maximum absolute atomic E-state index is 12.7. The summed E-state index contributed by atoms with van der Waals surface area (Å²) >= 11 is 3.31. The first-order valence-corrected chi connectivity index (χ1v) is 11.0. The van der Waals surface area contributed by atoms with Gasteiger partial charge in [0.05, 0.1) is 24.7 Å². The van der Waals surface area contributed by atoms with Gasteiger partial charge in [0.2, 0.25) is 0 Å². The van der Waals surface area contributed by atoms with Gasteiger partial charge in [0.25, 0.3) is 15.9 Å². The second kappa shape index (κ2) is 9.19. The summed E-state index contributed by atoms with van der Waals surface area (Å²) in [5.41, 5.74) is 1.01. The van der Waals surface area contributed by atoms with Crippen LogP contribution in [0.2, 0.25) is 0 Å². The molecule has 0 spiro atoms. The lowest BCUT2D eigenvalue weighted by atomic mass is 10.1. The Morgan fingerprint density at radius 2 is 1.60 bits per heavy atom. The Kier molecular flexibility index (Phi) is 6.63. The molecule has 0 aliphatic carbocycles. The van der Waals surface area contributed by atoms with Gasteiger partial charge in [-0.25, -0.2) is 8.42 Å². The third-order valence-electron chi connectivity index (χ3n) is 4.15. The Morgan fingerprint density at radius 1 is 0.900 bits per heavy atom. The van der Waals surface area contributed by atoms with E-state index in [4.69, 9.17) is 9.47 Å². The molecule has 0 heterocycles. The lowest BCUT2D eigenvalue weighted by molar-refractivity contribution is 0.102. The first kappa shape index (κ1) is 21.7. The molecule has 3 aromatic rings. The topological polar surface area (TPSA) is 93.7 Å². The highest BCUT2D eigenvalue weighted by Crippen LogP contribution is 2.31. The van der Waals surface area contributed by atoms with Gasteiger partial charge in [-0.2, -0.15) is 0 Å². The molecular formula is C21H19BrN2O5S. The number of rotatable bonds is 7. The number of methoxy groups -OCH3 is 2. The van der Waals surface area contributed by atoms with E-state index in [2.05, 4.69) is 26.0 Å². The fraction of sp³-hybridized carbons (Fsp3) is 0.0952. The van der Waals surface area contributed by atoms with Crippen molar-refractivity contribution in [2.24, 2.45) is 0 Å². The second-order valence-corrected chi connectivity index (χ2v) is 8.73. The molecule has 3 aromatic carbocycles. The summed E-state index contributed by atoms with van der Waals surface area (Å²) in [6.07, 6.45) is 0. The van der Waals surface area contributed by atoms with Crippen molar-refractivity contribution in [2.75, 3.05) is 24.3 Å². The number of hydrogen-bond acceptors (Lipinski definition) is 5. The average Bonchev–Trinajstić information content (AvgIpc) is 2.74. The summed E-state index contributed by atoms with van der Waals surface area (Å²) in [5, 5.41) is 2.70. The molecule has 156 valence electrons. The lowest BCUT2D eigenvalue weighted by Gasteiger charge is -2.13. The summed E-state index contributed by atoms with van der Waals surface area (Å²) in [6.45, 7) is 0.